The molecule has 8 heteroatoms. The summed E-state index contributed by atoms with van der Waals surface area (Å²) in [7, 11) is 0. The first-order valence-corrected chi connectivity index (χ1v) is 13.4. The first-order chi connectivity index (χ1) is 17.3. The van der Waals surface area contributed by atoms with E-state index >= 15 is 0 Å². The van der Waals surface area contributed by atoms with E-state index in [4.69, 9.17) is 17.2 Å². The van der Waals surface area contributed by atoms with E-state index in [2.05, 4.69) is 22.2 Å². The molecule has 1 aromatic carbocycles. The maximum absolute atomic E-state index is 10.1. The summed E-state index contributed by atoms with van der Waals surface area (Å²) in [5, 5.41) is 18.3. The molecule has 1 aliphatic carbocycles. The van der Waals surface area contributed by atoms with Crippen LogP contribution in [0.5, 0.6) is 5.75 Å². The fraction of sp³-hybridized carbons (Fsp3) is 0.536. The minimum atomic E-state index is 0.115. The standard InChI is InChI=1S/C28H41N7O/c1-19(20-6-12-34(13-7-20)22-15-28(16-22)8-10-32-11-9-28)35-18-21(17-33-35)24(27(30)31)14-25(29)23-4-2-3-5-26(23)36/h2-5,14,17-20,22,32,36H,6-13,15-16,29-31H2,1H3/b25-14-. The van der Waals surface area contributed by atoms with Crippen LogP contribution in [0.3, 0.4) is 0 Å². The molecule has 194 valence electrons. The van der Waals surface area contributed by atoms with Crippen molar-refractivity contribution < 1.29 is 5.11 Å². The molecule has 0 radical (unpaired) electrons. The number of nitrogens with one attached hydrogen (secondary N) is 1. The Labute approximate surface area is 214 Å². The van der Waals surface area contributed by atoms with Gasteiger partial charge in [0.25, 0.3) is 0 Å². The second-order valence-electron chi connectivity index (χ2n) is 11.1. The Kier molecular flexibility index (Phi) is 6.99. The molecule has 3 fully saturated rings. The number of benzene rings is 1. The van der Waals surface area contributed by atoms with E-state index in [0.717, 1.165) is 11.6 Å². The maximum atomic E-state index is 10.1. The summed E-state index contributed by atoms with van der Waals surface area (Å²) in [5.41, 5.74) is 21.3. The van der Waals surface area contributed by atoms with Gasteiger partial charge in [0, 0.05) is 34.6 Å². The van der Waals surface area contributed by atoms with E-state index in [1.54, 1.807) is 30.5 Å². The van der Waals surface area contributed by atoms with Gasteiger partial charge in [-0.25, -0.2) is 0 Å². The quantitative estimate of drug-likeness (QED) is 0.393. The van der Waals surface area contributed by atoms with Crippen molar-refractivity contribution in [3.63, 3.8) is 0 Å². The van der Waals surface area contributed by atoms with Gasteiger partial charge in [-0.2, -0.15) is 5.10 Å². The molecule has 2 saturated heterocycles. The highest BCUT2D eigenvalue weighted by Gasteiger charge is 2.47. The lowest BCUT2D eigenvalue weighted by Crippen LogP contribution is -2.56. The van der Waals surface area contributed by atoms with Crippen LogP contribution in [0.15, 0.2) is 48.6 Å². The molecule has 0 amide bonds. The summed E-state index contributed by atoms with van der Waals surface area (Å²) >= 11 is 0. The van der Waals surface area contributed by atoms with Crippen molar-refractivity contribution in [3.05, 3.63) is 59.7 Å². The van der Waals surface area contributed by atoms with Crippen LogP contribution in [0, 0.1) is 11.3 Å². The van der Waals surface area contributed by atoms with Gasteiger partial charge >= 0.3 is 0 Å². The first-order valence-electron chi connectivity index (χ1n) is 13.4. The fourth-order valence-corrected chi connectivity index (χ4v) is 6.53. The molecular weight excluding hydrogens is 450 g/mol. The third kappa shape index (κ3) is 4.97. The summed E-state index contributed by atoms with van der Waals surface area (Å²) in [4.78, 5) is 2.74. The number of para-hydroxylation sites is 1. The van der Waals surface area contributed by atoms with Crippen LogP contribution in [-0.2, 0) is 0 Å². The molecule has 1 unspecified atom stereocenters. The zero-order valence-corrected chi connectivity index (χ0v) is 21.4. The van der Waals surface area contributed by atoms with Gasteiger partial charge in [0.05, 0.1) is 12.2 Å². The number of aromatic hydroxyl groups is 1. The number of piperidine rings is 2. The smallest absolute Gasteiger partial charge is 0.124 e. The highest BCUT2D eigenvalue weighted by molar-refractivity contribution is 5.84. The summed E-state index contributed by atoms with van der Waals surface area (Å²) in [6.45, 7) is 7.02. The summed E-state index contributed by atoms with van der Waals surface area (Å²) in [6.07, 6.45) is 13.4. The molecule has 36 heavy (non-hydrogen) atoms. The lowest BCUT2D eigenvalue weighted by Gasteiger charge is -2.55. The van der Waals surface area contributed by atoms with Crippen LogP contribution in [0.25, 0.3) is 11.3 Å². The fourth-order valence-electron chi connectivity index (χ4n) is 6.53. The van der Waals surface area contributed by atoms with E-state index in [9.17, 15) is 5.11 Å². The number of hydrogen-bond donors (Lipinski definition) is 5. The van der Waals surface area contributed by atoms with Crippen molar-refractivity contribution in [2.75, 3.05) is 26.2 Å². The Morgan fingerprint density at radius 1 is 1.14 bits per heavy atom. The van der Waals surface area contributed by atoms with Crippen molar-refractivity contribution in [1.82, 2.24) is 20.0 Å². The first kappa shape index (κ1) is 24.7. The number of rotatable bonds is 6. The molecule has 3 aliphatic rings. The Hall–Kier alpha value is -2.97. The van der Waals surface area contributed by atoms with Gasteiger partial charge < -0.3 is 32.5 Å². The van der Waals surface area contributed by atoms with Crippen LogP contribution in [-0.4, -0.2) is 52.0 Å². The third-order valence-electron chi connectivity index (χ3n) is 8.93. The molecule has 0 bridgehead atoms. The zero-order chi connectivity index (χ0) is 25.3. The molecule has 1 aromatic heterocycles. The Bertz CT molecular complexity index is 1110. The molecule has 5 rings (SSSR count). The molecule has 8 nitrogen and oxygen atoms in total. The second kappa shape index (κ2) is 10.2. The maximum Gasteiger partial charge on any atom is 0.124 e. The van der Waals surface area contributed by atoms with Crippen LogP contribution < -0.4 is 22.5 Å². The lowest BCUT2D eigenvalue weighted by atomic mass is 9.60. The number of aromatic nitrogens is 2. The normalized spacial score (nSPS) is 22.3. The predicted molar refractivity (Wildman–Crippen MR) is 144 cm³/mol. The Morgan fingerprint density at radius 3 is 2.50 bits per heavy atom. The average Bonchev–Trinajstić information content (AvgIpc) is 3.36. The molecule has 8 N–H and O–H groups in total. The van der Waals surface area contributed by atoms with Gasteiger partial charge in [-0.15, -0.1) is 0 Å². The topological polar surface area (TPSA) is 131 Å². The number of phenolic OH excluding ortho intramolecular Hbond substituents is 1. The van der Waals surface area contributed by atoms with Crippen molar-refractivity contribution in [3.8, 4) is 5.75 Å². The molecular formula is C28H41N7O. The predicted octanol–water partition coefficient (Wildman–Crippen LogP) is 2.98. The van der Waals surface area contributed by atoms with Crippen molar-refractivity contribution in [2.45, 2.75) is 57.5 Å². The summed E-state index contributed by atoms with van der Waals surface area (Å²) in [6, 6.07) is 8.03. The highest BCUT2D eigenvalue weighted by atomic mass is 16.3. The van der Waals surface area contributed by atoms with E-state index < -0.39 is 0 Å². The van der Waals surface area contributed by atoms with Gasteiger partial charge in [0.15, 0.2) is 0 Å². The number of nitrogens with zero attached hydrogens (tertiary/aromatic N) is 3. The van der Waals surface area contributed by atoms with Gasteiger partial charge in [-0.1, -0.05) is 12.1 Å². The Balaban J connectivity index is 1.20. The van der Waals surface area contributed by atoms with Crippen molar-refractivity contribution in [2.24, 2.45) is 28.5 Å². The number of hydrogen-bond acceptors (Lipinski definition) is 7. The van der Waals surface area contributed by atoms with Gasteiger partial charge in [-0.05, 0) is 101 Å². The zero-order valence-electron chi connectivity index (χ0n) is 21.4. The van der Waals surface area contributed by atoms with Crippen molar-refractivity contribution in [1.29, 1.82) is 0 Å². The van der Waals surface area contributed by atoms with Crippen LogP contribution in [0.2, 0.25) is 0 Å². The van der Waals surface area contributed by atoms with Crippen LogP contribution in [0.4, 0.5) is 0 Å². The SMILES string of the molecule is CC(C1CCN(C2CC3(CCNCC3)C2)CC1)n1cc(C(/C=C(\N)c2ccccc2O)=C(N)N)cn1. The minimum absolute atomic E-state index is 0.115. The van der Waals surface area contributed by atoms with Gasteiger partial charge in [0.2, 0.25) is 0 Å². The monoisotopic (exact) mass is 491 g/mol. The van der Waals surface area contributed by atoms with Crippen molar-refractivity contribution >= 4 is 11.3 Å². The van der Waals surface area contributed by atoms with Crippen LogP contribution in [0.1, 0.15) is 62.6 Å². The minimum Gasteiger partial charge on any atom is -0.507 e. The number of likely N-dealkylation sites (tertiary alicyclic amines) is 1. The lowest BCUT2D eigenvalue weighted by molar-refractivity contribution is -0.0355. The summed E-state index contributed by atoms with van der Waals surface area (Å²) < 4.78 is 2.04. The number of allylic oxidation sites excluding steroid dienone is 2. The van der Waals surface area contributed by atoms with E-state index in [-0.39, 0.29) is 17.6 Å². The highest BCUT2D eigenvalue weighted by Crippen LogP contribution is 2.50. The number of nitrogens with two attached hydrogens (primary N) is 3. The third-order valence-corrected chi connectivity index (χ3v) is 8.93. The summed E-state index contributed by atoms with van der Waals surface area (Å²) in [5.74, 6) is 0.872. The second-order valence-corrected chi connectivity index (χ2v) is 11.1. The number of phenols is 1. The molecule has 2 aromatic rings. The van der Waals surface area contributed by atoms with E-state index in [0.29, 0.717) is 28.2 Å². The van der Waals surface area contributed by atoms with Gasteiger partial charge in [0.1, 0.15) is 11.6 Å². The van der Waals surface area contributed by atoms with Gasteiger partial charge in [-0.3, -0.25) is 4.68 Å². The molecule has 1 spiro atoms. The molecule has 1 saturated carbocycles. The average molecular weight is 492 g/mol. The molecule has 2 aliphatic heterocycles. The van der Waals surface area contributed by atoms with E-state index in [1.165, 1.54) is 64.7 Å². The van der Waals surface area contributed by atoms with E-state index in [1.807, 2.05) is 16.9 Å². The molecule has 3 heterocycles. The Morgan fingerprint density at radius 2 is 1.83 bits per heavy atom. The molecule has 1 atom stereocenters. The largest absolute Gasteiger partial charge is 0.507 e. The van der Waals surface area contributed by atoms with Crippen LogP contribution >= 0.6 is 0 Å².